The third kappa shape index (κ3) is 4.16. The zero-order valence-corrected chi connectivity index (χ0v) is 16.6. The van der Waals surface area contributed by atoms with Gasteiger partial charge in [0.1, 0.15) is 0 Å². The third-order valence-corrected chi connectivity index (χ3v) is 5.70. The predicted molar refractivity (Wildman–Crippen MR) is 109 cm³/mol. The van der Waals surface area contributed by atoms with Crippen molar-refractivity contribution in [2.24, 2.45) is 0 Å². The SMILES string of the molecule is Cc1ccc(C2(CNC(=O)c3cc4ncc(CCO)cn4n3)CCOCC2)cc1. The Kier molecular flexibility index (Phi) is 5.60. The largest absolute Gasteiger partial charge is 0.396 e. The highest BCUT2D eigenvalue weighted by Gasteiger charge is 2.35. The summed E-state index contributed by atoms with van der Waals surface area (Å²) in [5.41, 5.74) is 4.14. The maximum absolute atomic E-state index is 12.8. The minimum atomic E-state index is -0.211. The van der Waals surface area contributed by atoms with Gasteiger partial charge in [-0.15, -0.1) is 0 Å². The molecule has 0 bridgehead atoms. The minimum Gasteiger partial charge on any atom is -0.396 e. The lowest BCUT2D eigenvalue weighted by molar-refractivity contribution is 0.0486. The molecule has 1 aromatic carbocycles. The summed E-state index contributed by atoms with van der Waals surface area (Å²) in [4.78, 5) is 17.1. The van der Waals surface area contributed by atoms with Crippen molar-refractivity contribution in [3.63, 3.8) is 0 Å². The lowest BCUT2D eigenvalue weighted by atomic mass is 9.74. The molecular formula is C22H26N4O3. The highest BCUT2D eigenvalue weighted by molar-refractivity contribution is 5.93. The number of hydrogen-bond acceptors (Lipinski definition) is 5. The van der Waals surface area contributed by atoms with Crippen LogP contribution in [0.25, 0.3) is 5.65 Å². The van der Waals surface area contributed by atoms with E-state index in [1.165, 1.54) is 11.1 Å². The first-order valence-corrected chi connectivity index (χ1v) is 9.98. The van der Waals surface area contributed by atoms with Crippen molar-refractivity contribution in [2.75, 3.05) is 26.4 Å². The standard InChI is InChI=1S/C22H26N4O3/c1-16-2-4-18(5-3-16)22(7-10-29-11-8-22)15-24-21(28)19-12-20-23-13-17(6-9-27)14-26(20)25-19/h2-5,12-14,27H,6-11,15H2,1H3,(H,24,28). The van der Waals surface area contributed by atoms with Gasteiger partial charge in [-0.2, -0.15) is 5.10 Å². The van der Waals surface area contributed by atoms with Crippen molar-refractivity contribution in [1.29, 1.82) is 0 Å². The van der Waals surface area contributed by atoms with Gasteiger partial charge in [-0.1, -0.05) is 29.8 Å². The van der Waals surface area contributed by atoms with Crippen LogP contribution in [0.15, 0.2) is 42.7 Å². The molecule has 29 heavy (non-hydrogen) atoms. The molecule has 1 fully saturated rings. The molecule has 0 aliphatic carbocycles. The molecule has 0 radical (unpaired) electrons. The first-order valence-electron chi connectivity index (χ1n) is 9.98. The molecule has 0 unspecified atom stereocenters. The molecule has 0 spiro atoms. The predicted octanol–water partition coefficient (Wildman–Crippen LogP) is 2.05. The van der Waals surface area contributed by atoms with Gasteiger partial charge in [-0.25, -0.2) is 9.50 Å². The summed E-state index contributed by atoms with van der Waals surface area (Å²) in [6, 6.07) is 10.2. The minimum absolute atomic E-state index is 0.0482. The zero-order valence-electron chi connectivity index (χ0n) is 16.6. The number of benzene rings is 1. The number of aryl methyl sites for hydroxylation is 1. The van der Waals surface area contributed by atoms with E-state index in [0.717, 1.165) is 18.4 Å². The molecule has 4 rings (SSSR count). The molecule has 7 heteroatoms. The number of carbonyl (C=O) groups is 1. The molecule has 1 aliphatic rings. The van der Waals surface area contributed by atoms with Gasteiger partial charge in [-0.3, -0.25) is 4.79 Å². The van der Waals surface area contributed by atoms with Crippen molar-refractivity contribution in [3.05, 3.63) is 65.1 Å². The van der Waals surface area contributed by atoms with E-state index in [0.29, 0.717) is 37.5 Å². The van der Waals surface area contributed by atoms with Crippen LogP contribution in [0.3, 0.4) is 0 Å². The van der Waals surface area contributed by atoms with Crippen molar-refractivity contribution >= 4 is 11.6 Å². The molecule has 1 amide bonds. The van der Waals surface area contributed by atoms with E-state index < -0.39 is 0 Å². The summed E-state index contributed by atoms with van der Waals surface area (Å²) in [5, 5.41) is 16.5. The van der Waals surface area contributed by atoms with Gasteiger partial charge in [0, 0.05) is 50.2 Å². The number of aliphatic hydroxyl groups excluding tert-OH is 1. The van der Waals surface area contributed by atoms with Gasteiger partial charge in [-0.05, 0) is 37.3 Å². The summed E-state index contributed by atoms with van der Waals surface area (Å²) in [7, 11) is 0. The average molecular weight is 394 g/mol. The Morgan fingerprint density at radius 3 is 2.76 bits per heavy atom. The van der Waals surface area contributed by atoms with Crippen LogP contribution in [-0.4, -0.2) is 52.0 Å². The number of carbonyl (C=O) groups excluding carboxylic acids is 1. The van der Waals surface area contributed by atoms with Gasteiger partial charge in [0.2, 0.25) is 0 Å². The number of hydrogen-bond donors (Lipinski definition) is 2. The van der Waals surface area contributed by atoms with Crippen LogP contribution in [0, 0.1) is 6.92 Å². The maximum atomic E-state index is 12.8. The summed E-state index contributed by atoms with van der Waals surface area (Å²) < 4.78 is 7.17. The van der Waals surface area contributed by atoms with Crippen LogP contribution in [-0.2, 0) is 16.6 Å². The fourth-order valence-electron chi connectivity index (χ4n) is 3.86. The van der Waals surface area contributed by atoms with Crippen molar-refractivity contribution in [2.45, 2.75) is 31.6 Å². The Labute approximate surface area is 169 Å². The van der Waals surface area contributed by atoms with Crippen LogP contribution in [0.2, 0.25) is 0 Å². The number of nitrogens with zero attached hydrogens (tertiary/aromatic N) is 3. The quantitative estimate of drug-likeness (QED) is 0.668. The van der Waals surface area contributed by atoms with Gasteiger partial charge >= 0.3 is 0 Å². The number of ether oxygens (including phenoxy) is 1. The molecule has 3 heterocycles. The lowest BCUT2D eigenvalue weighted by Gasteiger charge is -2.38. The highest BCUT2D eigenvalue weighted by Crippen LogP contribution is 2.34. The first-order chi connectivity index (χ1) is 14.1. The highest BCUT2D eigenvalue weighted by atomic mass is 16.5. The van der Waals surface area contributed by atoms with Crippen LogP contribution < -0.4 is 5.32 Å². The van der Waals surface area contributed by atoms with Crippen LogP contribution >= 0.6 is 0 Å². The van der Waals surface area contributed by atoms with Crippen LogP contribution in [0.5, 0.6) is 0 Å². The summed E-state index contributed by atoms with van der Waals surface area (Å²) >= 11 is 0. The Hall–Kier alpha value is -2.77. The first kappa shape index (κ1) is 19.5. The smallest absolute Gasteiger partial charge is 0.271 e. The number of aliphatic hydroxyl groups is 1. The molecule has 0 atom stereocenters. The van der Waals surface area contributed by atoms with Crippen molar-refractivity contribution < 1.29 is 14.6 Å². The van der Waals surface area contributed by atoms with Gasteiger partial charge in [0.15, 0.2) is 11.3 Å². The zero-order chi connectivity index (χ0) is 20.3. The second-order valence-electron chi connectivity index (χ2n) is 7.71. The second-order valence-corrected chi connectivity index (χ2v) is 7.71. The Balaban J connectivity index is 1.52. The maximum Gasteiger partial charge on any atom is 0.271 e. The molecule has 1 saturated heterocycles. The molecule has 7 nitrogen and oxygen atoms in total. The molecule has 2 N–H and O–H groups in total. The fourth-order valence-corrected chi connectivity index (χ4v) is 3.86. The Morgan fingerprint density at radius 2 is 2.03 bits per heavy atom. The summed E-state index contributed by atoms with van der Waals surface area (Å²) in [5.74, 6) is -0.211. The number of aromatic nitrogens is 3. The van der Waals surface area contributed by atoms with E-state index in [2.05, 4.69) is 46.6 Å². The van der Waals surface area contributed by atoms with E-state index in [1.807, 2.05) is 0 Å². The molecule has 3 aromatic rings. The Bertz CT molecular complexity index is 991. The number of rotatable bonds is 6. The van der Waals surface area contributed by atoms with Gasteiger partial charge in [0.05, 0.1) is 0 Å². The molecule has 1 aliphatic heterocycles. The molecule has 152 valence electrons. The Morgan fingerprint density at radius 1 is 1.28 bits per heavy atom. The van der Waals surface area contributed by atoms with Gasteiger partial charge < -0.3 is 15.2 Å². The van der Waals surface area contributed by atoms with E-state index in [-0.39, 0.29) is 17.9 Å². The number of amides is 1. The fraction of sp³-hybridized carbons (Fsp3) is 0.409. The topological polar surface area (TPSA) is 88.8 Å². The average Bonchev–Trinajstić information content (AvgIpc) is 3.17. The second kappa shape index (κ2) is 8.31. The van der Waals surface area contributed by atoms with Crippen molar-refractivity contribution in [1.82, 2.24) is 19.9 Å². The number of fused-ring (bicyclic) bond motifs is 1. The normalized spacial score (nSPS) is 16.1. The summed E-state index contributed by atoms with van der Waals surface area (Å²) in [6.07, 6.45) is 5.73. The summed E-state index contributed by atoms with van der Waals surface area (Å²) in [6.45, 7) is 4.04. The number of nitrogens with one attached hydrogen (secondary N) is 1. The van der Waals surface area contributed by atoms with Crippen LogP contribution in [0.1, 0.15) is 40.0 Å². The lowest BCUT2D eigenvalue weighted by Crippen LogP contribution is -2.44. The van der Waals surface area contributed by atoms with E-state index >= 15 is 0 Å². The van der Waals surface area contributed by atoms with E-state index in [1.54, 1.807) is 23.0 Å². The molecule has 0 saturated carbocycles. The van der Waals surface area contributed by atoms with Crippen molar-refractivity contribution in [3.8, 4) is 0 Å². The molecular weight excluding hydrogens is 368 g/mol. The third-order valence-electron chi connectivity index (χ3n) is 5.70. The monoisotopic (exact) mass is 394 g/mol. The van der Waals surface area contributed by atoms with E-state index in [4.69, 9.17) is 9.84 Å². The molecule has 2 aromatic heterocycles. The van der Waals surface area contributed by atoms with E-state index in [9.17, 15) is 4.79 Å². The van der Waals surface area contributed by atoms with Gasteiger partial charge in [0.25, 0.3) is 5.91 Å². The van der Waals surface area contributed by atoms with Crippen LogP contribution in [0.4, 0.5) is 0 Å².